The van der Waals surface area contributed by atoms with E-state index in [9.17, 15) is 5.11 Å². The van der Waals surface area contributed by atoms with Crippen LogP contribution in [0.4, 0.5) is 0 Å². The van der Waals surface area contributed by atoms with Gasteiger partial charge in [-0.2, -0.15) is 0 Å². The monoisotopic (exact) mass is 360 g/mol. The number of hydrogen-bond acceptors (Lipinski definition) is 4. The average molecular weight is 361 g/mol. The van der Waals surface area contributed by atoms with E-state index in [0.717, 1.165) is 63.9 Å². The standard InChI is InChI=1S/C20H32N4O2/c1-3-21-20(22-14-19(25)17-6-4-16(2)5-7-17)24-9-8-18(15-24)23-10-12-26-13-11-23/h4-7,18-19,25H,3,8-15H2,1-2H3,(H,21,22). The number of aliphatic hydroxyl groups is 1. The minimum Gasteiger partial charge on any atom is -0.386 e. The molecule has 0 bridgehead atoms. The Morgan fingerprint density at radius 1 is 1.27 bits per heavy atom. The van der Waals surface area contributed by atoms with Gasteiger partial charge in [-0.05, 0) is 25.8 Å². The van der Waals surface area contributed by atoms with Crippen LogP contribution in [-0.4, -0.2) is 79.4 Å². The lowest BCUT2D eigenvalue weighted by Gasteiger charge is -2.32. The summed E-state index contributed by atoms with van der Waals surface area (Å²) in [5, 5.41) is 13.8. The van der Waals surface area contributed by atoms with E-state index in [1.807, 2.05) is 24.3 Å². The SMILES string of the molecule is CCNC(=NCC(O)c1ccc(C)cc1)N1CCC(N2CCOCC2)C1. The first-order valence-electron chi connectivity index (χ1n) is 9.77. The molecule has 0 radical (unpaired) electrons. The second-order valence-corrected chi connectivity index (χ2v) is 7.16. The highest BCUT2D eigenvalue weighted by atomic mass is 16.5. The van der Waals surface area contributed by atoms with Gasteiger partial charge >= 0.3 is 0 Å². The van der Waals surface area contributed by atoms with Gasteiger partial charge in [-0.25, -0.2) is 0 Å². The molecule has 144 valence electrons. The number of ether oxygens (including phenoxy) is 1. The van der Waals surface area contributed by atoms with Crippen LogP contribution in [0.5, 0.6) is 0 Å². The number of nitrogens with one attached hydrogen (secondary N) is 1. The van der Waals surface area contributed by atoms with E-state index in [1.165, 1.54) is 5.56 Å². The second-order valence-electron chi connectivity index (χ2n) is 7.16. The molecule has 0 aliphatic carbocycles. The molecule has 2 heterocycles. The Kier molecular flexibility index (Phi) is 6.88. The van der Waals surface area contributed by atoms with Gasteiger partial charge in [-0.3, -0.25) is 9.89 Å². The fraction of sp³-hybridized carbons (Fsp3) is 0.650. The van der Waals surface area contributed by atoms with Crippen molar-refractivity contribution >= 4 is 5.96 Å². The third-order valence-corrected chi connectivity index (χ3v) is 5.24. The Bertz CT molecular complexity index is 584. The Balaban J connectivity index is 1.59. The van der Waals surface area contributed by atoms with Gasteiger partial charge in [-0.1, -0.05) is 29.8 Å². The minimum absolute atomic E-state index is 0.379. The van der Waals surface area contributed by atoms with Crippen LogP contribution >= 0.6 is 0 Å². The van der Waals surface area contributed by atoms with Crippen molar-refractivity contribution in [3.8, 4) is 0 Å². The summed E-state index contributed by atoms with van der Waals surface area (Å²) in [6.45, 7) is 11.1. The third kappa shape index (κ3) is 4.96. The van der Waals surface area contributed by atoms with Crippen LogP contribution in [0, 0.1) is 6.92 Å². The van der Waals surface area contributed by atoms with E-state index in [-0.39, 0.29) is 0 Å². The van der Waals surface area contributed by atoms with Crippen LogP contribution in [0.2, 0.25) is 0 Å². The molecule has 2 aliphatic rings. The number of morpholine rings is 1. The van der Waals surface area contributed by atoms with Gasteiger partial charge in [0.05, 0.1) is 25.9 Å². The number of aryl methyl sites for hydroxylation is 1. The number of benzene rings is 1. The molecule has 6 heteroatoms. The molecular formula is C20H32N4O2. The molecule has 2 N–H and O–H groups in total. The van der Waals surface area contributed by atoms with Gasteiger partial charge in [0.1, 0.15) is 0 Å². The zero-order chi connectivity index (χ0) is 18.4. The highest BCUT2D eigenvalue weighted by Gasteiger charge is 2.30. The van der Waals surface area contributed by atoms with Crippen LogP contribution in [0.15, 0.2) is 29.3 Å². The van der Waals surface area contributed by atoms with Crippen LogP contribution in [0.1, 0.15) is 30.6 Å². The zero-order valence-corrected chi connectivity index (χ0v) is 16.0. The van der Waals surface area contributed by atoms with Crippen molar-refractivity contribution in [2.45, 2.75) is 32.4 Å². The topological polar surface area (TPSA) is 60.3 Å². The molecule has 0 amide bonds. The summed E-state index contributed by atoms with van der Waals surface area (Å²) in [6.07, 6.45) is 0.590. The predicted octanol–water partition coefficient (Wildman–Crippen LogP) is 1.40. The Hall–Kier alpha value is -1.63. The van der Waals surface area contributed by atoms with E-state index in [0.29, 0.717) is 12.6 Å². The molecule has 1 aromatic rings. The molecule has 0 saturated carbocycles. The fourth-order valence-corrected chi connectivity index (χ4v) is 3.67. The molecule has 2 aliphatic heterocycles. The van der Waals surface area contributed by atoms with E-state index < -0.39 is 6.10 Å². The quantitative estimate of drug-likeness (QED) is 0.614. The summed E-state index contributed by atoms with van der Waals surface area (Å²) in [6, 6.07) is 8.59. The zero-order valence-electron chi connectivity index (χ0n) is 16.0. The second kappa shape index (κ2) is 9.35. The first kappa shape index (κ1) is 19.1. The van der Waals surface area contributed by atoms with Gasteiger partial charge in [0.2, 0.25) is 0 Å². The number of rotatable bonds is 5. The summed E-state index contributed by atoms with van der Waals surface area (Å²) in [5.74, 6) is 0.912. The molecule has 6 nitrogen and oxygen atoms in total. The van der Waals surface area contributed by atoms with Gasteiger partial charge in [0, 0.05) is 38.8 Å². The number of hydrogen-bond donors (Lipinski definition) is 2. The number of likely N-dealkylation sites (tertiary alicyclic amines) is 1. The smallest absolute Gasteiger partial charge is 0.194 e. The lowest BCUT2D eigenvalue weighted by Crippen LogP contribution is -2.46. The van der Waals surface area contributed by atoms with Crippen molar-refractivity contribution < 1.29 is 9.84 Å². The van der Waals surface area contributed by atoms with E-state index >= 15 is 0 Å². The van der Waals surface area contributed by atoms with Crippen LogP contribution in [-0.2, 0) is 4.74 Å². The van der Waals surface area contributed by atoms with Crippen molar-refractivity contribution in [2.24, 2.45) is 4.99 Å². The molecule has 3 rings (SSSR count). The van der Waals surface area contributed by atoms with Crippen LogP contribution in [0.25, 0.3) is 0 Å². The van der Waals surface area contributed by atoms with Crippen molar-refractivity contribution in [3.63, 3.8) is 0 Å². The molecular weight excluding hydrogens is 328 g/mol. The van der Waals surface area contributed by atoms with Gasteiger partial charge in [0.25, 0.3) is 0 Å². The molecule has 2 fully saturated rings. The average Bonchev–Trinajstić information content (AvgIpc) is 3.16. The van der Waals surface area contributed by atoms with Crippen LogP contribution in [0.3, 0.4) is 0 Å². The predicted molar refractivity (Wildman–Crippen MR) is 104 cm³/mol. The van der Waals surface area contributed by atoms with E-state index in [4.69, 9.17) is 9.73 Å². The summed E-state index contributed by atoms with van der Waals surface area (Å²) < 4.78 is 5.47. The van der Waals surface area contributed by atoms with Gasteiger partial charge < -0.3 is 20.1 Å². The largest absolute Gasteiger partial charge is 0.386 e. The van der Waals surface area contributed by atoms with Crippen molar-refractivity contribution in [1.29, 1.82) is 0 Å². The van der Waals surface area contributed by atoms with Crippen molar-refractivity contribution in [3.05, 3.63) is 35.4 Å². The minimum atomic E-state index is -0.568. The highest BCUT2D eigenvalue weighted by molar-refractivity contribution is 5.80. The summed E-state index contributed by atoms with van der Waals surface area (Å²) in [4.78, 5) is 9.57. The molecule has 2 unspecified atom stereocenters. The normalized spacial score (nSPS) is 23.3. The Labute approximate surface area is 156 Å². The molecule has 2 saturated heterocycles. The Morgan fingerprint density at radius 3 is 2.69 bits per heavy atom. The van der Waals surface area contributed by atoms with E-state index in [2.05, 4.69) is 29.0 Å². The first-order chi connectivity index (χ1) is 12.7. The molecule has 1 aromatic carbocycles. The highest BCUT2D eigenvalue weighted by Crippen LogP contribution is 2.18. The summed E-state index contributed by atoms with van der Waals surface area (Å²) >= 11 is 0. The fourth-order valence-electron chi connectivity index (χ4n) is 3.67. The lowest BCUT2D eigenvalue weighted by atomic mass is 10.1. The van der Waals surface area contributed by atoms with E-state index in [1.54, 1.807) is 0 Å². The maximum atomic E-state index is 10.5. The van der Waals surface area contributed by atoms with Gasteiger partial charge in [0.15, 0.2) is 5.96 Å². The number of aliphatic hydroxyl groups excluding tert-OH is 1. The van der Waals surface area contributed by atoms with Crippen molar-refractivity contribution in [1.82, 2.24) is 15.1 Å². The number of guanidine groups is 1. The third-order valence-electron chi connectivity index (χ3n) is 5.24. The number of aliphatic imine (C=N–C) groups is 1. The van der Waals surface area contributed by atoms with Crippen molar-refractivity contribution in [2.75, 3.05) is 52.5 Å². The Morgan fingerprint density at radius 2 is 2.00 bits per heavy atom. The van der Waals surface area contributed by atoms with Crippen LogP contribution < -0.4 is 5.32 Å². The molecule has 26 heavy (non-hydrogen) atoms. The summed E-state index contributed by atoms with van der Waals surface area (Å²) in [7, 11) is 0. The first-order valence-corrected chi connectivity index (χ1v) is 9.77. The molecule has 0 spiro atoms. The maximum Gasteiger partial charge on any atom is 0.194 e. The maximum absolute atomic E-state index is 10.5. The van der Waals surface area contributed by atoms with Gasteiger partial charge in [-0.15, -0.1) is 0 Å². The number of nitrogens with zero attached hydrogens (tertiary/aromatic N) is 3. The lowest BCUT2D eigenvalue weighted by molar-refractivity contribution is 0.0194. The molecule has 2 atom stereocenters. The summed E-state index contributed by atoms with van der Waals surface area (Å²) in [5.41, 5.74) is 2.12. The molecule has 0 aromatic heterocycles.